The number of piperazine rings is 1. The second-order valence-electron chi connectivity index (χ2n) is 7.48. The minimum Gasteiger partial charge on any atom is -0.506 e. The highest BCUT2D eigenvalue weighted by Gasteiger charge is 2.22. The van der Waals surface area contributed by atoms with Crippen LogP contribution < -0.4 is 10.2 Å². The Morgan fingerprint density at radius 2 is 1.69 bits per heavy atom. The minimum atomic E-state index is 0.395. The SMILES string of the molecule is Oc1ccccc1N1CCN(CCCCC2CNc3ccccc32)CC1. The molecular weight excluding hydrogens is 322 g/mol. The van der Waals surface area contributed by atoms with E-state index in [0.717, 1.165) is 38.4 Å². The molecule has 0 aliphatic carbocycles. The Bertz CT molecular complexity index is 725. The van der Waals surface area contributed by atoms with Crippen LogP contribution in [0.1, 0.15) is 30.7 Å². The summed E-state index contributed by atoms with van der Waals surface area (Å²) in [6.45, 7) is 6.45. The third kappa shape index (κ3) is 3.80. The Hall–Kier alpha value is -2.20. The van der Waals surface area contributed by atoms with Crippen molar-refractivity contribution in [2.45, 2.75) is 25.2 Å². The van der Waals surface area contributed by atoms with Gasteiger partial charge in [-0.25, -0.2) is 0 Å². The number of anilines is 2. The molecule has 0 bridgehead atoms. The molecule has 1 saturated heterocycles. The molecule has 2 aliphatic heterocycles. The van der Waals surface area contributed by atoms with Gasteiger partial charge in [0.05, 0.1) is 5.69 Å². The van der Waals surface area contributed by atoms with E-state index in [0.29, 0.717) is 11.7 Å². The van der Waals surface area contributed by atoms with Crippen LogP contribution in [0.4, 0.5) is 11.4 Å². The number of para-hydroxylation sites is 3. The first kappa shape index (κ1) is 17.2. The number of benzene rings is 2. The van der Waals surface area contributed by atoms with E-state index in [4.69, 9.17) is 0 Å². The van der Waals surface area contributed by atoms with Gasteiger partial charge in [-0.15, -0.1) is 0 Å². The lowest BCUT2D eigenvalue weighted by atomic mass is 9.95. The van der Waals surface area contributed by atoms with Crippen molar-refractivity contribution < 1.29 is 5.11 Å². The molecule has 26 heavy (non-hydrogen) atoms. The van der Waals surface area contributed by atoms with E-state index in [2.05, 4.69) is 39.4 Å². The van der Waals surface area contributed by atoms with Gasteiger partial charge in [0.25, 0.3) is 0 Å². The number of unbranched alkanes of at least 4 members (excludes halogenated alkanes) is 1. The monoisotopic (exact) mass is 351 g/mol. The Morgan fingerprint density at radius 3 is 2.54 bits per heavy atom. The lowest BCUT2D eigenvalue weighted by Crippen LogP contribution is -2.46. The van der Waals surface area contributed by atoms with E-state index in [1.54, 1.807) is 6.07 Å². The number of hydrogen-bond acceptors (Lipinski definition) is 4. The highest BCUT2D eigenvalue weighted by atomic mass is 16.3. The average molecular weight is 351 g/mol. The van der Waals surface area contributed by atoms with Crippen LogP contribution in [-0.2, 0) is 0 Å². The predicted molar refractivity (Wildman–Crippen MR) is 108 cm³/mol. The maximum Gasteiger partial charge on any atom is 0.138 e. The molecule has 1 atom stereocenters. The summed E-state index contributed by atoms with van der Waals surface area (Å²) in [6, 6.07) is 16.4. The third-order valence-corrected chi connectivity index (χ3v) is 5.81. The number of rotatable bonds is 6. The van der Waals surface area contributed by atoms with Gasteiger partial charge in [0, 0.05) is 44.3 Å². The van der Waals surface area contributed by atoms with Crippen LogP contribution in [0.25, 0.3) is 0 Å². The highest BCUT2D eigenvalue weighted by Crippen LogP contribution is 2.34. The van der Waals surface area contributed by atoms with Crippen LogP contribution in [0.2, 0.25) is 0 Å². The van der Waals surface area contributed by atoms with Gasteiger partial charge in [-0.2, -0.15) is 0 Å². The summed E-state index contributed by atoms with van der Waals surface area (Å²) < 4.78 is 0. The van der Waals surface area contributed by atoms with E-state index >= 15 is 0 Å². The fourth-order valence-corrected chi connectivity index (χ4v) is 4.28. The Balaban J connectivity index is 1.18. The molecule has 4 rings (SSSR count). The van der Waals surface area contributed by atoms with Crippen molar-refractivity contribution in [1.82, 2.24) is 4.90 Å². The van der Waals surface area contributed by atoms with Gasteiger partial charge in [-0.3, -0.25) is 4.90 Å². The van der Waals surface area contributed by atoms with E-state index in [1.165, 1.54) is 37.1 Å². The Kier molecular flexibility index (Phi) is 5.30. The van der Waals surface area contributed by atoms with E-state index in [9.17, 15) is 5.11 Å². The maximum absolute atomic E-state index is 10.0. The van der Waals surface area contributed by atoms with Gasteiger partial charge in [-0.05, 0) is 43.1 Å². The zero-order valence-electron chi connectivity index (χ0n) is 15.4. The first-order valence-corrected chi connectivity index (χ1v) is 9.89. The molecule has 1 fully saturated rings. The normalized spacial score (nSPS) is 20.0. The first-order valence-electron chi connectivity index (χ1n) is 9.89. The number of hydrogen-bond donors (Lipinski definition) is 2. The summed E-state index contributed by atoms with van der Waals surface area (Å²) in [5.41, 5.74) is 3.81. The van der Waals surface area contributed by atoms with Crippen molar-refractivity contribution in [3.63, 3.8) is 0 Å². The van der Waals surface area contributed by atoms with Gasteiger partial charge in [-0.1, -0.05) is 36.8 Å². The molecule has 0 aromatic heterocycles. The van der Waals surface area contributed by atoms with Crippen molar-refractivity contribution in [3.05, 3.63) is 54.1 Å². The zero-order valence-corrected chi connectivity index (χ0v) is 15.4. The average Bonchev–Trinajstić information content (AvgIpc) is 3.09. The second-order valence-corrected chi connectivity index (χ2v) is 7.48. The van der Waals surface area contributed by atoms with Crippen LogP contribution in [0.5, 0.6) is 5.75 Å². The van der Waals surface area contributed by atoms with Gasteiger partial charge in [0.2, 0.25) is 0 Å². The van der Waals surface area contributed by atoms with Gasteiger partial charge >= 0.3 is 0 Å². The predicted octanol–water partition coefficient (Wildman–Crippen LogP) is 3.89. The second kappa shape index (κ2) is 8.00. The van der Waals surface area contributed by atoms with Crippen molar-refractivity contribution in [2.24, 2.45) is 0 Å². The molecule has 2 aliphatic rings. The van der Waals surface area contributed by atoms with Crippen LogP contribution in [0.15, 0.2) is 48.5 Å². The largest absolute Gasteiger partial charge is 0.506 e. The Morgan fingerprint density at radius 1 is 0.923 bits per heavy atom. The summed E-state index contributed by atoms with van der Waals surface area (Å²) in [5, 5.41) is 13.5. The molecule has 2 heterocycles. The van der Waals surface area contributed by atoms with E-state index in [1.807, 2.05) is 18.2 Å². The first-order chi connectivity index (χ1) is 12.8. The van der Waals surface area contributed by atoms with Crippen LogP contribution in [0, 0.1) is 0 Å². The number of aromatic hydroxyl groups is 1. The molecule has 1 unspecified atom stereocenters. The topological polar surface area (TPSA) is 38.7 Å². The number of nitrogens with one attached hydrogen (secondary N) is 1. The number of nitrogens with zero attached hydrogens (tertiary/aromatic N) is 2. The molecular formula is C22H29N3O. The summed E-state index contributed by atoms with van der Waals surface area (Å²) in [7, 11) is 0. The van der Waals surface area contributed by atoms with Gasteiger partial charge in [0.15, 0.2) is 0 Å². The standard InChI is InChI=1S/C22H29N3O/c26-22-11-4-3-10-21(22)25-15-13-24(14-16-25)12-6-5-7-18-17-23-20-9-2-1-8-19(18)20/h1-4,8-11,18,23,26H,5-7,12-17H2. The molecule has 2 aromatic rings. The van der Waals surface area contributed by atoms with Crippen LogP contribution in [0.3, 0.4) is 0 Å². The van der Waals surface area contributed by atoms with E-state index < -0.39 is 0 Å². The molecule has 0 radical (unpaired) electrons. The van der Waals surface area contributed by atoms with Crippen molar-refractivity contribution in [1.29, 1.82) is 0 Å². The summed E-state index contributed by atoms with van der Waals surface area (Å²) in [4.78, 5) is 4.87. The van der Waals surface area contributed by atoms with Crippen LogP contribution in [-0.4, -0.2) is 49.3 Å². The fourth-order valence-electron chi connectivity index (χ4n) is 4.28. The van der Waals surface area contributed by atoms with Crippen molar-refractivity contribution in [2.75, 3.05) is 49.5 Å². The van der Waals surface area contributed by atoms with Crippen LogP contribution >= 0.6 is 0 Å². The lowest BCUT2D eigenvalue weighted by molar-refractivity contribution is 0.251. The van der Waals surface area contributed by atoms with Gasteiger partial charge in [0.1, 0.15) is 5.75 Å². The molecule has 138 valence electrons. The van der Waals surface area contributed by atoms with Gasteiger partial charge < -0.3 is 15.3 Å². The summed E-state index contributed by atoms with van der Waals surface area (Å²) >= 11 is 0. The third-order valence-electron chi connectivity index (χ3n) is 5.81. The fraction of sp³-hybridized carbons (Fsp3) is 0.455. The van der Waals surface area contributed by atoms with E-state index in [-0.39, 0.29) is 0 Å². The lowest BCUT2D eigenvalue weighted by Gasteiger charge is -2.36. The maximum atomic E-state index is 10.0. The molecule has 0 saturated carbocycles. The highest BCUT2D eigenvalue weighted by molar-refractivity contribution is 5.58. The Labute approximate surface area is 156 Å². The summed E-state index contributed by atoms with van der Waals surface area (Å²) in [5.74, 6) is 1.08. The van der Waals surface area contributed by atoms with Crippen molar-refractivity contribution >= 4 is 11.4 Å². The molecule has 4 nitrogen and oxygen atoms in total. The van der Waals surface area contributed by atoms with Crippen molar-refractivity contribution in [3.8, 4) is 5.75 Å². The molecule has 2 aromatic carbocycles. The number of phenolic OH excluding ortho intramolecular Hbond substituents is 1. The molecule has 0 spiro atoms. The number of fused-ring (bicyclic) bond motifs is 1. The minimum absolute atomic E-state index is 0.395. The summed E-state index contributed by atoms with van der Waals surface area (Å²) in [6.07, 6.45) is 3.84. The molecule has 2 N–H and O–H groups in total. The molecule has 4 heteroatoms. The quantitative estimate of drug-likeness (QED) is 0.775. The molecule has 0 amide bonds. The number of phenols is 1. The smallest absolute Gasteiger partial charge is 0.138 e. The zero-order chi connectivity index (χ0) is 17.8.